The SMILES string of the molecule is CC(C)C(=O)Nc1ccc(NS(=O)(=O)c2ccn[nH]2)cc1. The van der Waals surface area contributed by atoms with Crippen molar-refractivity contribution in [2.24, 2.45) is 5.92 Å². The predicted octanol–water partition coefficient (Wildman–Crippen LogP) is 1.80. The van der Waals surface area contributed by atoms with E-state index in [1.54, 1.807) is 38.1 Å². The van der Waals surface area contributed by atoms with E-state index in [1.807, 2.05) is 0 Å². The highest BCUT2D eigenvalue weighted by Crippen LogP contribution is 2.17. The van der Waals surface area contributed by atoms with Crippen molar-refractivity contribution in [3.63, 3.8) is 0 Å². The van der Waals surface area contributed by atoms with Gasteiger partial charge in [0.15, 0.2) is 5.03 Å². The van der Waals surface area contributed by atoms with E-state index < -0.39 is 10.0 Å². The Balaban J connectivity index is 2.08. The summed E-state index contributed by atoms with van der Waals surface area (Å²) in [6.07, 6.45) is 1.36. The van der Waals surface area contributed by atoms with Crippen molar-refractivity contribution in [1.29, 1.82) is 0 Å². The zero-order chi connectivity index (χ0) is 15.5. The minimum atomic E-state index is -3.67. The van der Waals surface area contributed by atoms with E-state index in [0.717, 1.165) is 0 Å². The van der Waals surface area contributed by atoms with Gasteiger partial charge in [-0.15, -0.1) is 0 Å². The molecule has 1 amide bonds. The molecule has 0 atom stereocenters. The van der Waals surface area contributed by atoms with Crippen LogP contribution in [-0.4, -0.2) is 24.5 Å². The molecule has 0 unspecified atom stereocenters. The molecule has 0 aliphatic carbocycles. The van der Waals surface area contributed by atoms with Gasteiger partial charge in [0.25, 0.3) is 10.0 Å². The number of benzene rings is 1. The van der Waals surface area contributed by atoms with Gasteiger partial charge in [-0.3, -0.25) is 14.6 Å². The number of hydrogen-bond donors (Lipinski definition) is 3. The summed E-state index contributed by atoms with van der Waals surface area (Å²) in [6.45, 7) is 3.59. The lowest BCUT2D eigenvalue weighted by molar-refractivity contribution is -0.118. The third kappa shape index (κ3) is 3.82. The molecule has 1 aromatic heterocycles. The summed E-state index contributed by atoms with van der Waals surface area (Å²) in [5.41, 5.74) is 1.00. The van der Waals surface area contributed by atoms with Crippen LogP contribution in [0.3, 0.4) is 0 Å². The molecular formula is C13H16N4O3S. The topological polar surface area (TPSA) is 104 Å². The minimum absolute atomic E-state index is 0.0142. The van der Waals surface area contributed by atoms with Crippen LogP contribution in [0.2, 0.25) is 0 Å². The van der Waals surface area contributed by atoms with Crippen LogP contribution in [0.5, 0.6) is 0 Å². The van der Waals surface area contributed by atoms with E-state index in [1.165, 1.54) is 12.3 Å². The molecule has 1 heterocycles. The molecule has 112 valence electrons. The summed E-state index contributed by atoms with van der Waals surface area (Å²) in [7, 11) is -3.67. The number of aromatic nitrogens is 2. The molecule has 0 bridgehead atoms. The number of carbonyl (C=O) groups is 1. The van der Waals surface area contributed by atoms with Crippen molar-refractivity contribution < 1.29 is 13.2 Å². The number of nitrogens with zero attached hydrogens (tertiary/aromatic N) is 1. The van der Waals surface area contributed by atoms with Gasteiger partial charge < -0.3 is 5.32 Å². The molecular weight excluding hydrogens is 292 g/mol. The molecule has 21 heavy (non-hydrogen) atoms. The van der Waals surface area contributed by atoms with Crippen molar-refractivity contribution >= 4 is 27.3 Å². The van der Waals surface area contributed by atoms with Gasteiger partial charge in [-0.05, 0) is 30.3 Å². The first-order chi connectivity index (χ1) is 9.88. The first-order valence-electron chi connectivity index (χ1n) is 6.31. The van der Waals surface area contributed by atoms with Gasteiger partial charge in [-0.2, -0.15) is 13.5 Å². The van der Waals surface area contributed by atoms with Crippen LogP contribution in [0, 0.1) is 5.92 Å². The first kappa shape index (κ1) is 15.0. The Bertz CT molecular complexity index is 706. The number of anilines is 2. The van der Waals surface area contributed by atoms with Crippen LogP contribution in [0.15, 0.2) is 41.6 Å². The van der Waals surface area contributed by atoms with Gasteiger partial charge in [0.1, 0.15) is 0 Å². The summed E-state index contributed by atoms with van der Waals surface area (Å²) in [4.78, 5) is 11.5. The van der Waals surface area contributed by atoms with Crippen LogP contribution in [0.4, 0.5) is 11.4 Å². The van der Waals surface area contributed by atoms with Crippen LogP contribution >= 0.6 is 0 Å². The van der Waals surface area contributed by atoms with Gasteiger partial charge in [0.05, 0.1) is 6.20 Å². The van der Waals surface area contributed by atoms with Gasteiger partial charge >= 0.3 is 0 Å². The van der Waals surface area contributed by atoms with Gasteiger partial charge in [0, 0.05) is 17.3 Å². The molecule has 8 heteroatoms. The van der Waals surface area contributed by atoms with Crippen molar-refractivity contribution in [2.75, 3.05) is 10.0 Å². The Morgan fingerprint density at radius 3 is 2.29 bits per heavy atom. The van der Waals surface area contributed by atoms with E-state index in [9.17, 15) is 13.2 Å². The quantitative estimate of drug-likeness (QED) is 0.783. The predicted molar refractivity (Wildman–Crippen MR) is 79.3 cm³/mol. The Morgan fingerprint density at radius 1 is 1.14 bits per heavy atom. The highest BCUT2D eigenvalue weighted by molar-refractivity contribution is 7.92. The van der Waals surface area contributed by atoms with Gasteiger partial charge in [0.2, 0.25) is 5.91 Å². The Kier molecular flexibility index (Phi) is 4.27. The second-order valence-corrected chi connectivity index (χ2v) is 6.40. The Labute approximate surface area is 122 Å². The smallest absolute Gasteiger partial charge is 0.278 e. The number of aromatic amines is 1. The van der Waals surface area contributed by atoms with Gasteiger partial charge in [-0.25, -0.2) is 0 Å². The molecule has 0 saturated heterocycles. The number of rotatable bonds is 5. The van der Waals surface area contributed by atoms with E-state index in [4.69, 9.17) is 0 Å². The fraction of sp³-hybridized carbons (Fsp3) is 0.231. The number of nitrogens with one attached hydrogen (secondary N) is 3. The maximum Gasteiger partial charge on any atom is 0.278 e. The Morgan fingerprint density at radius 2 is 1.76 bits per heavy atom. The van der Waals surface area contributed by atoms with Crippen LogP contribution in [0.1, 0.15) is 13.8 Å². The maximum atomic E-state index is 12.0. The van der Waals surface area contributed by atoms with E-state index in [0.29, 0.717) is 11.4 Å². The fourth-order valence-electron chi connectivity index (χ4n) is 1.51. The molecule has 0 saturated carbocycles. The number of sulfonamides is 1. The molecule has 0 fully saturated rings. The lowest BCUT2D eigenvalue weighted by Crippen LogP contribution is -2.17. The minimum Gasteiger partial charge on any atom is -0.326 e. The largest absolute Gasteiger partial charge is 0.326 e. The van der Waals surface area contributed by atoms with Crippen molar-refractivity contribution in [1.82, 2.24) is 10.2 Å². The number of hydrogen-bond acceptors (Lipinski definition) is 4. The highest BCUT2D eigenvalue weighted by Gasteiger charge is 2.15. The third-order valence-electron chi connectivity index (χ3n) is 2.69. The normalized spacial score (nSPS) is 11.4. The third-order valence-corrected chi connectivity index (χ3v) is 4.00. The lowest BCUT2D eigenvalue weighted by atomic mass is 10.2. The van der Waals surface area contributed by atoms with Crippen LogP contribution < -0.4 is 10.0 Å². The standard InChI is InChI=1S/C13H16N4O3S/c1-9(2)13(18)15-10-3-5-11(6-4-10)17-21(19,20)12-7-8-14-16-12/h3-9,17H,1-2H3,(H,14,16)(H,15,18). The molecule has 0 radical (unpaired) electrons. The van der Waals surface area contributed by atoms with Crippen LogP contribution in [-0.2, 0) is 14.8 Å². The van der Waals surface area contributed by atoms with Gasteiger partial charge in [-0.1, -0.05) is 13.8 Å². The summed E-state index contributed by atoms with van der Waals surface area (Å²) in [5, 5.41) is 8.70. The molecule has 0 aliphatic heterocycles. The van der Waals surface area contributed by atoms with E-state index in [2.05, 4.69) is 20.2 Å². The van der Waals surface area contributed by atoms with Crippen LogP contribution in [0.25, 0.3) is 0 Å². The Hall–Kier alpha value is -2.35. The maximum absolute atomic E-state index is 12.0. The molecule has 0 spiro atoms. The zero-order valence-electron chi connectivity index (χ0n) is 11.6. The molecule has 0 aliphatic rings. The van der Waals surface area contributed by atoms with Crippen molar-refractivity contribution in [3.05, 3.63) is 36.5 Å². The average molecular weight is 308 g/mol. The lowest BCUT2D eigenvalue weighted by Gasteiger charge is -2.09. The van der Waals surface area contributed by atoms with E-state index in [-0.39, 0.29) is 16.9 Å². The second-order valence-electron chi connectivity index (χ2n) is 4.75. The zero-order valence-corrected chi connectivity index (χ0v) is 12.4. The second kappa shape index (κ2) is 5.96. The average Bonchev–Trinajstić information content (AvgIpc) is 2.95. The van der Waals surface area contributed by atoms with E-state index >= 15 is 0 Å². The summed E-state index contributed by atoms with van der Waals surface area (Å²) in [5.74, 6) is -0.218. The molecule has 3 N–H and O–H groups in total. The molecule has 2 aromatic rings. The highest BCUT2D eigenvalue weighted by atomic mass is 32.2. The van der Waals surface area contributed by atoms with Crippen molar-refractivity contribution in [2.45, 2.75) is 18.9 Å². The summed E-state index contributed by atoms with van der Waals surface area (Å²) in [6, 6.07) is 7.77. The summed E-state index contributed by atoms with van der Waals surface area (Å²) >= 11 is 0. The first-order valence-corrected chi connectivity index (χ1v) is 7.80. The molecule has 7 nitrogen and oxygen atoms in total. The molecule has 1 aromatic carbocycles. The van der Waals surface area contributed by atoms with Crippen molar-refractivity contribution in [3.8, 4) is 0 Å². The monoisotopic (exact) mass is 308 g/mol. The molecule has 2 rings (SSSR count). The number of H-pyrrole nitrogens is 1. The fourth-order valence-corrected chi connectivity index (χ4v) is 2.48. The summed E-state index contributed by atoms with van der Waals surface area (Å²) < 4.78 is 26.3. The number of amides is 1. The number of carbonyl (C=O) groups excluding carboxylic acids is 1.